The van der Waals surface area contributed by atoms with Crippen LogP contribution in [0.25, 0.3) is 10.9 Å². The quantitative estimate of drug-likeness (QED) is 0.751. The predicted octanol–water partition coefficient (Wildman–Crippen LogP) is 4.59. The first-order valence-electron chi connectivity index (χ1n) is 6.14. The number of hydrogen-bond donors (Lipinski definition) is 0. The Morgan fingerprint density at radius 2 is 2.06 bits per heavy atom. The molecule has 0 fully saturated rings. The Bertz CT molecular complexity index is 493. The molecule has 0 saturated heterocycles. The maximum Gasteiger partial charge on any atom is 0.0702 e. The van der Waals surface area contributed by atoms with E-state index in [1.54, 1.807) is 0 Å². The summed E-state index contributed by atoms with van der Waals surface area (Å²) >= 11 is 3.74. The van der Waals surface area contributed by atoms with Gasteiger partial charge in [0.1, 0.15) is 0 Å². The number of benzene rings is 1. The topological polar surface area (TPSA) is 12.9 Å². The largest absolute Gasteiger partial charge is 0.256 e. The summed E-state index contributed by atoms with van der Waals surface area (Å²) in [5.41, 5.74) is 2.48. The minimum atomic E-state index is 0.604. The van der Waals surface area contributed by atoms with Crippen molar-refractivity contribution in [3.05, 3.63) is 42.1 Å². The lowest BCUT2D eigenvalue weighted by Crippen LogP contribution is -2.08. The molecule has 0 saturated carbocycles. The van der Waals surface area contributed by atoms with Crippen LogP contribution in [0, 0.1) is 5.92 Å². The SMILES string of the molecule is CC(C)C(Br)CCc1ccc2ncccc2c1. The van der Waals surface area contributed by atoms with E-state index in [1.807, 2.05) is 12.3 Å². The van der Waals surface area contributed by atoms with Gasteiger partial charge in [-0.05, 0) is 42.5 Å². The van der Waals surface area contributed by atoms with Crippen molar-refractivity contribution < 1.29 is 0 Å². The first-order chi connectivity index (χ1) is 8.16. The van der Waals surface area contributed by atoms with E-state index in [4.69, 9.17) is 0 Å². The monoisotopic (exact) mass is 291 g/mol. The highest BCUT2D eigenvalue weighted by Gasteiger charge is 2.08. The van der Waals surface area contributed by atoms with Gasteiger partial charge in [-0.3, -0.25) is 4.98 Å². The van der Waals surface area contributed by atoms with Gasteiger partial charge in [0.2, 0.25) is 0 Å². The van der Waals surface area contributed by atoms with Gasteiger partial charge in [-0.25, -0.2) is 0 Å². The number of hydrogen-bond acceptors (Lipinski definition) is 1. The van der Waals surface area contributed by atoms with Crippen LogP contribution in [0.5, 0.6) is 0 Å². The lowest BCUT2D eigenvalue weighted by atomic mass is 10.0. The van der Waals surface area contributed by atoms with Crippen LogP contribution in [-0.2, 0) is 6.42 Å². The van der Waals surface area contributed by atoms with E-state index in [0.29, 0.717) is 10.7 Å². The van der Waals surface area contributed by atoms with Crippen LogP contribution in [0.15, 0.2) is 36.5 Å². The average Bonchev–Trinajstić information content (AvgIpc) is 2.35. The molecule has 1 heterocycles. The Morgan fingerprint density at radius 3 is 2.82 bits per heavy atom. The zero-order valence-electron chi connectivity index (χ0n) is 10.4. The van der Waals surface area contributed by atoms with E-state index >= 15 is 0 Å². The highest BCUT2D eigenvalue weighted by molar-refractivity contribution is 9.09. The van der Waals surface area contributed by atoms with Crippen LogP contribution in [-0.4, -0.2) is 9.81 Å². The number of pyridine rings is 1. The summed E-state index contributed by atoms with van der Waals surface area (Å²) < 4.78 is 0. The summed E-state index contributed by atoms with van der Waals surface area (Å²) in [6, 6.07) is 10.7. The molecule has 0 aliphatic carbocycles. The van der Waals surface area contributed by atoms with Crippen LogP contribution < -0.4 is 0 Å². The number of fused-ring (bicyclic) bond motifs is 1. The zero-order chi connectivity index (χ0) is 12.3. The summed E-state index contributed by atoms with van der Waals surface area (Å²) in [7, 11) is 0. The van der Waals surface area contributed by atoms with Gasteiger partial charge in [0.25, 0.3) is 0 Å². The molecule has 0 bridgehead atoms. The molecule has 0 amide bonds. The molecule has 0 aliphatic rings. The molecule has 2 rings (SSSR count). The minimum absolute atomic E-state index is 0.604. The highest BCUT2D eigenvalue weighted by Crippen LogP contribution is 2.20. The van der Waals surface area contributed by atoms with Gasteiger partial charge in [-0.15, -0.1) is 0 Å². The second kappa shape index (κ2) is 5.63. The number of aromatic nitrogens is 1. The summed E-state index contributed by atoms with van der Waals surface area (Å²) in [4.78, 5) is 4.94. The van der Waals surface area contributed by atoms with E-state index in [-0.39, 0.29) is 0 Å². The molecule has 1 unspecified atom stereocenters. The van der Waals surface area contributed by atoms with E-state index in [9.17, 15) is 0 Å². The second-order valence-corrected chi connectivity index (χ2v) is 6.01. The molecule has 1 atom stereocenters. The van der Waals surface area contributed by atoms with Crippen molar-refractivity contribution in [3.63, 3.8) is 0 Å². The van der Waals surface area contributed by atoms with Crippen LogP contribution in [0.1, 0.15) is 25.8 Å². The van der Waals surface area contributed by atoms with Gasteiger partial charge in [0.15, 0.2) is 0 Å². The molecule has 17 heavy (non-hydrogen) atoms. The van der Waals surface area contributed by atoms with Gasteiger partial charge in [-0.2, -0.15) is 0 Å². The first kappa shape index (κ1) is 12.6. The average molecular weight is 292 g/mol. The first-order valence-corrected chi connectivity index (χ1v) is 7.06. The van der Waals surface area contributed by atoms with Crippen molar-refractivity contribution in [2.24, 2.45) is 5.92 Å². The summed E-state index contributed by atoms with van der Waals surface area (Å²) in [5.74, 6) is 0.692. The number of aryl methyl sites for hydroxylation is 1. The summed E-state index contributed by atoms with van der Waals surface area (Å²) in [5, 5.41) is 1.24. The number of rotatable bonds is 4. The van der Waals surface area contributed by atoms with Gasteiger partial charge in [0, 0.05) is 16.4 Å². The van der Waals surface area contributed by atoms with E-state index in [1.165, 1.54) is 17.4 Å². The third kappa shape index (κ3) is 3.29. The van der Waals surface area contributed by atoms with Gasteiger partial charge in [-0.1, -0.05) is 41.9 Å². The Balaban J connectivity index is 2.09. The Hall–Kier alpha value is -0.890. The Morgan fingerprint density at radius 1 is 1.24 bits per heavy atom. The third-order valence-corrected chi connectivity index (χ3v) is 4.61. The standard InChI is InChI=1S/C15H18BrN/c1-11(2)14(16)7-5-12-6-8-15-13(10-12)4-3-9-17-15/h3-4,6,8-11,14H,5,7H2,1-2H3. The molecule has 2 heteroatoms. The number of halogens is 1. The molecule has 2 aromatic rings. The second-order valence-electron chi connectivity index (χ2n) is 4.83. The molecular formula is C15H18BrN. The molecule has 1 nitrogen and oxygen atoms in total. The van der Waals surface area contributed by atoms with E-state index in [2.05, 4.69) is 59.0 Å². The molecular weight excluding hydrogens is 274 g/mol. The van der Waals surface area contributed by atoms with E-state index in [0.717, 1.165) is 11.9 Å². The Kier molecular flexibility index (Phi) is 4.16. The lowest BCUT2D eigenvalue weighted by molar-refractivity contribution is 0.582. The summed E-state index contributed by atoms with van der Waals surface area (Å²) in [6.07, 6.45) is 4.15. The molecule has 0 aliphatic heterocycles. The maximum atomic E-state index is 4.34. The maximum absolute atomic E-state index is 4.34. The zero-order valence-corrected chi connectivity index (χ0v) is 11.9. The number of nitrogens with zero attached hydrogens (tertiary/aromatic N) is 1. The normalized spacial score (nSPS) is 13.2. The third-order valence-electron chi connectivity index (χ3n) is 3.10. The predicted molar refractivity (Wildman–Crippen MR) is 77.6 cm³/mol. The fraction of sp³-hybridized carbons (Fsp3) is 0.400. The van der Waals surface area contributed by atoms with Crippen molar-refractivity contribution in [2.45, 2.75) is 31.5 Å². The van der Waals surface area contributed by atoms with E-state index < -0.39 is 0 Å². The van der Waals surface area contributed by atoms with Crippen LogP contribution in [0.4, 0.5) is 0 Å². The van der Waals surface area contributed by atoms with Crippen molar-refractivity contribution >= 4 is 26.8 Å². The molecule has 1 aromatic heterocycles. The molecule has 0 spiro atoms. The van der Waals surface area contributed by atoms with Crippen LogP contribution in [0.2, 0.25) is 0 Å². The van der Waals surface area contributed by atoms with Gasteiger partial charge in [0.05, 0.1) is 5.52 Å². The van der Waals surface area contributed by atoms with Crippen LogP contribution in [0.3, 0.4) is 0 Å². The van der Waals surface area contributed by atoms with Crippen molar-refractivity contribution in [3.8, 4) is 0 Å². The fourth-order valence-electron chi connectivity index (χ4n) is 1.92. The van der Waals surface area contributed by atoms with Gasteiger partial charge < -0.3 is 0 Å². The number of alkyl halides is 1. The highest BCUT2D eigenvalue weighted by atomic mass is 79.9. The summed E-state index contributed by atoms with van der Waals surface area (Å²) in [6.45, 7) is 4.51. The molecule has 1 aromatic carbocycles. The molecule has 0 N–H and O–H groups in total. The van der Waals surface area contributed by atoms with Crippen LogP contribution >= 0.6 is 15.9 Å². The molecule has 0 radical (unpaired) electrons. The van der Waals surface area contributed by atoms with Crippen molar-refractivity contribution in [2.75, 3.05) is 0 Å². The fourth-order valence-corrected chi connectivity index (χ4v) is 2.15. The smallest absolute Gasteiger partial charge is 0.0702 e. The van der Waals surface area contributed by atoms with Crippen molar-refractivity contribution in [1.82, 2.24) is 4.98 Å². The van der Waals surface area contributed by atoms with Crippen molar-refractivity contribution in [1.29, 1.82) is 0 Å². The lowest BCUT2D eigenvalue weighted by Gasteiger charge is -2.13. The Labute approximate surface area is 111 Å². The molecule has 90 valence electrons. The van der Waals surface area contributed by atoms with Gasteiger partial charge >= 0.3 is 0 Å². The minimum Gasteiger partial charge on any atom is -0.256 e.